The molecule has 0 aromatic rings. The Bertz CT molecular complexity index is 234. The number of carbonyl (C=O) groups excluding carboxylic acids is 1. The molecule has 1 heterocycles. The number of nitrogens with one attached hydrogen (secondary N) is 1. The van der Waals surface area contributed by atoms with E-state index in [1.165, 1.54) is 19.4 Å². The van der Waals surface area contributed by atoms with E-state index in [2.05, 4.69) is 22.3 Å². The number of hydrogen-bond acceptors (Lipinski definition) is 4. The van der Waals surface area contributed by atoms with Crippen LogP contribution in [0.25, 0.3) is 0 Å². The Morgan fingerprint density at radius 3 is 2.81 bits per heavy atom. The summed E-state index contributed by atoms with van der Waals surface area (Å²) in [7, 11) is 4.14. The van der Waals surface area contributed by atoms with Gasteiger partial charge in [-0.25, -0.2) is 5.84 Å². The summed E-state index contributed by atoms with van der Waals surface area (Å²) in [5, 5.41) is 0. The van der Waals surface area contributed by atoms with E-state index in [9.17, 15) is 4.79 Å². The van der Waals surface area contributed by atoms with Crippen LogP contribution in [0.1, 0.15) is 26.2 Å². The number of nitrogens with zero attached hydrogens (tertiary/aromatic N) is 2. The number of likely N-dealkylation sites (N-methyl/N-ethyl adjacent to an activating group) is 2. The van der Waals surface area contributed by atoms with Crippen LogP contribution in [0, 0.1) is 0 Å². The van der Waals surface area contributed by atoms with Crippen LogP contribution in [0.15, 0.2) is 0 Å². The van der Waals surface area contributed by atoms with E-state index < -0.39 is 0 Å². The highest BCUT2D eigenvalue weighted by atomic mass is 16.2. The molecule has 0 aromatic carbocycles. The predicted octanol–water partition coefficient (Wildman–Crippen LogP) is -0.219. The van der Waals surface area contributed by atoms with Crippen LogP contribution in [0.2, 0.25) is 0 Å². The molecule has 2 atom stereocenters. The first-order valence-corrected chi connectivity index (χ1v) is 6.01. The van der Waals surface area contributed by atoms with Gasteiger partial charge in [-0.1, -0.05) is 6.92 Å². The van der Waals surface area contributed by atoms with Crippen molar-refractivity contribution in [1.82, 2.24) is 15.2 Å². The van der Waals surface area contributed by atoms with Crippen molar-refractivity contribution in [3.05, 3.63) is 0 Å². The largest absolute Gasteiger partial charge is 0.302 e. The highest BCUT2D eigenvalue weighted by molar-refractivity contribution is 5.80. The number of nitrogens with two attached hydrogens (primary N) is 1. The lowest BCUT2D eigenvalue weighted by molar-refractivity contribution is -0.126. The molecule has 0 spiro atoms. The van der Waals surface area contributed by atoms with E-state index in [-0.39, 0.29) is 11.9 Å². The lowest BCUT2D eigenvalue weighted by atomic mass is 10.1. The maximum atomic E-state index is 11.5. The highest BCUT2D eigenvalue weighted by Crippen LogP contribution is 2.16. The van der Waals surface area contributed by atoms with E-state index in [4.69, 9.17) is 5.84 Å². The summed E-state index contributed by atoms with van der Waals surface area (Å²) in [5.41, 5.74) is 2.24. The molecule has 0 aromatic heterocycles. The fraction of sp³-hybridized carbons (Fsp3) is 0.909. The van der Waals surface area contributed by atoms with Crippen LogP contribution >= 0.6 is 0 Å². The van der Waals surface area contributed by atoms with Gasteiger partial charge in [-0.3, -0.25) is 15.1 Å². The van der Waals surface area contributed by atoms with Gasteiger partial charge >= 0.3 is 0 Å². The lowest BCUT2D eigenvalue weighted by Crippen LogP contribution is -2.50. The quantitative estimate of drug-likeness (QED) is 0.388. The lowest BCUT2D eigenvalue weighted by Gasteiger charge is -2.30. The fourth-order valence-corrected chi connectivity index (χ4v) is 2.46. The molecule has 1 aliphatic rings. The second-order valence-corrected chi connectivity index (χ2v) is 4.65. The third-order valence-corrected chi connectivity index (χ3v) is 3.53. The zero-order valence-corrected chi connectivity index (χ0v) is 10.6. The minimum Gasteiger partial charge on any atom is -0.302 e. The van der Waals surface area contributed by atoms with Crippen LogP contribution in [-0.2, 0) is 4.79 Å². The van der Waals surface area contributed by atoms with Gasteiger partial charge in [-0.15, -0.1) is 0 Å². The van der Waals surface area contributed by atoms with Gasteiger partial charge in [0.05, 0.1) is 6.04 Å². The third kappa shape index (κ3) is 3.17. The third-order valence-electron chi connectivity index (χ3n) is 3.53. The second-order valence-electron chi connectivity index (χ2n) is 4.65. The standard InChI is InChI=1S/C11H24N4O/c1-4-10(11(16)13-12)15(3)8-9-6-5-7-14(9)2/h9-10H,4-8,12H2,1-3H3,(H,13,16). The molecule has 1 aliphatic heterocycles. The molecule has 94 valence electrons. The Labute approximate surface area is 97.9 Å². The van der Waals surface area contributed by atoms with Crippen LogP contribution < -0.4 is 11.3 Å². The van der Waals surface area contributed by atoms with Crippen molar-refractivity contribution in [3.63, 3.8) is 0 Å². The first-order valence-electron chi connectivity index (χ1n) is 6.01. The van der Waals surface area contributed by atoms with E-state index in [1.54, 1.807) is 0 Å². The van der Waals surface area contributed by atoms with Crippen molar-refractivity contribution in [3.8, 4) is 0 Å². The van der Waals surface area contributed by atoms with Gasteiger partial charge in [0.25, 0.3) is 5.91 Å². The normalized spacial score (nSPS) is 23.7. The Hall–Kier alpha value is -0.650. The Kier molecular flexibility index (Phi) is 5.18. The van der Waals surface area contributed by atoms with Crippen LogP contribution in [-0.4, -0.2) is 55.0 Å². The SMILES string of the molecule is CCC(C(=O)NN)N(C)CC1CCCN1C. The van der Waals surface area contributed by atoms with Gasteiger partial charge in [0.2, 0.25) is 0 Å². The molecule has 1 fully saturated rings. The van der Waals surface area contributed by atoms with Gasteiger partial charge in [0.15, 0.2) is 0 Å². The molecule has 1 rings (SSSR count). The van der Waals surface area contributed by atoms with Crippen molar-refractivity contribution >= 4 is 5.91 Å². The summed E-state index contributed by atoms with van der Waals surface area (Å²) in [5.74, 6) is 5.09. The number of rotatable bonds is 5. The molecule has 1 saturated heterocycles. The van der Waals surface area contributed by atoms with Gasteiger partial charge in [-0.2, -0.15) is 0 Å². The van der Waals surface area contributed by atoms with Crippen molar-refractivity contribution in [2.24, 2.45) is 5.84 Å². The molecule has 1 amide bonds. The van der Waals surface area contributed by atoms with E-state index >= 15 is 0 Å². The van der Waals surface area contributed by atoms with Crippen LogP contribution in [0.3, 0.4) is 0 Å². The molecular weight excluding hydrogens is 204 g/mol. The van der Waals surface area contributed by atoms with Crippen LogP contribution in [0.4, 0.5) is 0 Å². The number of hydrogen-bond donors (Lipinski definition) is 2. The van der Waals surface area contributed by atoms with Crippen LogP contribution in [0.5, 0.6) is 0 Å². The van der Waals surface area contributed by atoms with Gasteiger partial charge in [0, 0.05) is 12.6 Å². The Morgan fingerprint density at radius 1 is 1.69 bits per heavy atom. The van der Waals surface area contributed by atoms with E-state index in [0.29, 0.717) is 6.04 Å². The van der Waals surface area contributed by atoms with Crippen molar-refractivity contribution in [2.75, 3.05) is 27.2 Å². The zero-order chi connectivity index (χ0) is 12.1. The Morgan fingerprint density at radius 2 is 2.38 bits per heavy atom. The first-order chi connectivity index (χ1) is 7.60. The molecule has 0 radical (unpaired) electrons. The van der Waals surface area contributed by atoms with E-state index in [0.717, 1.165) is 13.0 Å². The maximum absolute atomic E-state index is 11.5. The van der Waals surface area contributed by atoms with Gasteiger partial charge < -0.3 is 4.90 Å². The van der Waals surface area contributed by atoms with Crippen molar-refractivity contribution in [1.29, 1.82) is 0 Å². The number of carbonyl (C=O) groups is 1. The molecule has 0 aliphatic carbocycles. The average molecular weight is 228 g/mol. The topological polar surface area (TPSA) is 61.6 Å². The number of likely N-dealkylation sites (tertiary alicyclic amines) is 1. The number of amides is 1. The molecule has 3 N–H and O–H groups in total. The van der Waals surface area contributed by atoms with Gasteiger partial charge in [-0.05, 0) is 39.9 Å². The smallest absolute Gasteiger partial charge is 0.251 e. The maximum Gasteiger partial charge on any atom is 0.251 e. The summed E-state index contributed by atoms with van der Waals surface area (Å²) in [6, 6.07) is 0.462. The second kappa shape index (κ2) is 6.18. The first kappa shape index (κ1) is 13.4. The summed E-state index contributed by atoms with van der Waals surface area (Å²) in [4.78, 5) is 16.0. The average Bonchev–Trinajstić information content (AvgIpc) is 2.65. The summed E-state index contributed by atoms with van der Waals surface area (Å²) in [6.07, 6.45) is 3.27. The minimum absolute atomic E-state index is 0.0920. The van der Waals surface area contributed by atoms with E-state index in [1.807, 2.05) is 14.0 Å². The van der Waals surface area contributed by atoms with Gasteiger partial charge in [0.1, 0.15) is 0 Å². The molecule has 5 nitrogen and oxygen atoms in total. The summed E-state index contributed by atoms with van der Waals surface area (Å²) in [6.45, 7) is 4.11. The molecule has 16 heavy (non-hydrogen) atoms. The summed E-state index contributed by atoms with van der Waals surface area (Å²) < 4.78 is 0. The fourth-order valence-electron chi connectivity index (χ4n) is 2.46. The summed E-state index contributed by atoms with van der Waals surface area (Å²) >= 11 is 0. The molecule has 5 heteroatoms. The Balaban J connectivity index is 2.48. The van der Waals surface area contributed by atoms with Crippen molar-refractivity contribution < 1.29 is 4.79 Å². The zero-order valence-electron chi connectivity index (χ0n) is 10.6. The monoisotopic (exact) mass is 228 g/mol. The molecule has 0 saturated carbocycles. The molecular formula is C11H24N4O. The molecule has 0 bridgehead atoms. The molecule has 2 unspecified atom stereocenters. The highest BCUT2D eigenvalue weighted by Gasteiger charge is 2.27. The minimum atomic E-state index is -0.112. The number of hydrazine groups is 1. The predicted molar refractivity (Wildman–Crippen MR) is 64.7 cm³/mol. The van der Waals surface area contributed by atoms with Crippen molar-refractivity contribution in [2.45, 2.75) is 38.3 Å².